The van der Waals surface area contributed by atoms with Gasteiger partial charge >= 0.3 is 0 Å². The van der Waals surface area contributed by atoms with Crippen molar-refractivity contribution in [3.05, 3.63) is 29.8 Å². The Kier molecular flexibility index (Phi) is 4.59. The lowest BCUT2D eigenvalue weighted by atomic mass is 9.85. The van der Waals surface area contributed by atoms with E-state index in [0.717, 1.165) is 31.4 Å². The molecule has 1 saturated carbocycles. The summed E-state index contributed by atoms with van der Waals surface area (Å²) < 4.78 is 0. The van der Waals surface area contributed by atoms with Gasteiger partial charge in [0.25, 0.3) is 0 Å². The van der Waals surface area contributed by atoms with E-state index in [1.807, 2.05) is 18.2 Å². The van der Waals surface area contributed by atoms with Gasteiger partial charge < -0.3 is 11.1 Å². The quantitative estimate of drug-likeness (QED) is 0.876. The van der Waals surface area contributed by atoms with E-state index in [4.69, 9.17) is 5.73 Å². The van der Waals surface area contributed by atoms with Crippen LogP contribution in [0.2, 0.25) is 0 Å². The maximum Gasteiger partial charge on any atom is 0.227 e. The maximum absolute atomic E-state index is 12.3. The van der Waals surface area contributed by atoms with E-state index < -0.39 is 0 Å². The van der Waals surface area contributed by atoms with Crippen molar-refractivity contribution in [2.24, 2.45) is 11.7 Å². The Morgan fingerprint density at radius 1 is 1.32 bits per heavy atom. The van der Waals surface area contributed by atoms with Crippen LogP contribution in [0.15, 0.2) is 24.3 Å². The molecule has 104 valence electrons. The average molecular weight is 260 g/mol. The standard InChI is InChI=1S/C16H24N2O/c1-11(2)14-8-3-4-9-15(14)18-16(19)12-6-5-7-13(17)10-12/h3-4,8-9,11-13H,5-7,10,17H2,1-2H3,(H,18,19). The number of para-hydroxylation sites is 1. The molecule has 0 bridgehead atoms. The Morgan fingerprint density at radius 3 is 2.74 bits per heavy atom. The zero-order valence-corrected chi connectivity index (χ0v) is 11.9. The predicted molar refractivity (Wildman–Crippen MR) is 79.1 cm³/mol. The Bertz CT molecular complexity index is 442. The van der Waals surface area contributed by atoms with Crippen LogP contribution in [0.3, 0.4) is 0 Å². The van der Waals surface area contributed by atoms with Crippen LogP contribution in [0.1, 0.15) is 51.0 Å². The first kappa shape index (κ1) is 14.1. The molecule has 1 aliphatic carbocycles. The number of amides is 1. The lowest BCUT2D eigenvalue weighted by molar-refractivity contribution is -0.120. The molecule has 2 unspecified atom stereocenters. The molecule has 1 aromatic rings. The van der Waals surface area contributed by atoms with E-state index in [1.54, 1.807) is 0 Å². The van der Waals surface area contributed by atoms with E-state index in [2.05, 4.69) is 25.2 Å². The molecule has 0 aromatic heterocycles. The van der Waals surface area contributed by atoms with E-state index in [0.29, 0.717) is 5.92 Å². The van der Waals surface area contributed by atoms with Gasteiger partial charge in [-0.15, -0.1) is 0 Å². The number of carbonyl (C=O) groups excluding carboxylic acids is 1. The fourth-order valence-corrected chi connectivity index (χ4v) is 2.81. The molecule has 1 aliphatic rings. The first-order chi connectivity index (χ1) is 9.08. The van der Waals surface area contributed by atoms with Crippen LogP contribution in [0.5, 0.6) is 0 Å². The lowest BCUT2D eigenvalue weighted by Gasteiger charge is -2.26. The van der Waals surface area contributed by atoms with Gasteiger partial charge in [0.1, 0.15) is 0 Å². The molecular formula is C16H24N2O. The summed E-state index contributed by atoms with van der Waals surface area (Å²) >= 11 is 0. The minimum atomic E-state index is 0.0731. The highest BCUT2D eigenvalue weighted by Gasteiger charge is 2.25. The number of anilines is 1. The zero-order chi connectivity index (χ0) is 13.8. The highest BCUT2D eigenvalue weighted by atomic mass is 16.1. The van der Waals surface area contributed by atoms with E-state index in [1.165, 1.54) is 5.56 Å². The molecule has 0 spiro atoms. The summed E-state index contributed by atoms with van der Waals surface area (Å²) in [6.07, 6.45) is 3.89. The van der Waals surface area contributed by atoms with Crippen LogP contribution >= 0.6 is 0 Å². The van der Waals surface area contributed by atoms with Gasteiger partial charge in [-0.3, -0.25) is 4.79 Å². The first-order valence-electron chi connectivity index (χ1n) is 7.23. The molecule has 0 aliphatic heterocycles. The number of hydrogen-bond donors (Lipinski definition) is 2. The largest absolute Gasteiger partial charge is 0.328 e. The summed E-state index contributed by atoms with van der Waals surface area (Å²) in [4.78, 5) is 12.3. The zero-order valence-electron chi connectivity index (χ0n) is 11.9. The van der Waals surface area contributed by atoms with E-state index in [9.17, 15) is 4.79 Å². The van der Waals surface area contributed by atoms with Gasteiger partial charge in [0.15, 0.2) is 0 Å². The third kappa shape index (κ3) is 3.57. The first-order valence-corrected chi connectivity index (χ1v) is 7.23. The van der Waals surface area contributed by atoms with Crippen LogP contribution < -0.4 is 11.1 Å². The van der Waals surface area contributed by atoms with Gasteiger partial charge in [-0.1, -0.05) is 38.5 Å². The topological polar surface area (TPSA) is 55.1 Å². The van der Waals surface area contributed by atoms with Crippen LogP contribution in [0.4, 0.5) is 5.69 Å². The number of nitrogens with two attached hydrogens (primary N) is 1. The summed E-state index contributed by atoms with van der Waals surface area (Å²) in [5, 5.41) is 3.09. The minimum absolute atomic E-state index is 0.0731. The van der Waals surface area contributed by atoms with E-state index >= 15 is 0 Å². The number of benzene rings is 1. The SMILES string of the molecule is CC(C)c1ccccc1NC(=O)C1CCCC(N)C1. The molecule has 0 saturated heterocycles. The summed E-state index contributed by atoms with van der Waals surface area (Å²) in [6, 6.07) is 8.23. The fourth-order valence-electron chi connectivity index (χ4n) is 2.81. The van der Waals surface area contributed by atoms with Crippen LogP contribution in [0.25, 0.3) is 0 Å². The van der Waals surface area contributed by atoms with Crippen molar-refractivity contribution >= 4 is 11.6 Å². The van der Waals surface area contributed by atoms with Crippen molar-refractivity contribution in [1.82, 2.24) is 0 Å². The van der Waals surface area contributed by atoms with Crippen molar-refractivity contribution in [2.45, 2.75) is 51.5 Å². The summed E-state index contributed by atoms with van der Waals surface area (Å²) in [5.41, 5.74) is 8.09. The Morgan fingerprint density at radius 2 is 2.05 bits per heavy atom. The van der Waals surface area contributed by atoms with Crippen molar-refractivity contribution in [2.75, 3.05) is 5.32 Å². The summed E-state index contributed by atoms with van der Waals surface area (Å²) in [5.74, 6) is 0.609. The van der Waals surface area contributed by atoms with Crippen molar-refractivity contribution in [1.29, 1.82) is 0 Å². The van der Waals surface area contributed by atoms with Gasteiger partial charge in [-0.05, 0) is 36.8 Å². The predicted octanol–water partition coefficient (Wildman–Crippen LogP) is 3.27. The van der Waals surface area contributed by atoms with Gasteiger partial charge in [0.2, 0.25) is 5.91 Å². The van der Waals surface area contributed by atoms with Crippen molar-refractivity contribution in [3.8, 4) is 0 Å². The molecule has 19 heavy (non-hydrogen) atoms. The molecule has 1 aromatic carbocycles. The molecule has 3 heteroatoms. The van der Waals surface area contributed by atoms with Gasteiger partial charge in [-0.25, -0.2) is 0 Å². The third-order valence-electron chi connectivity index (χ3n) is 3.93. The molecule has 2 atom stereocenters. The maximum atomic E-state index is 12.3. The monoisotopic (exact) mass is 260 g/mol. The van der Waals surface area contributed by atoms with Crippen LogP contribution in [-0.4, -0.2) is 11.9 Å². The minimum Gasteiger partial charge on any atom is -0.328 e. The molecule has 0 heterocycles. The van der Waals surface area contributed by atoms with Crippen molar-refractivity contribution < 1.29 is 4.79 Å². The van der Waals surface area contributed by atoms with E-state index in [-0.39, 0.29) is 17.9 Å². The molecular weight excluding hydrogens is 236 g/mol. The highest BCUT2D eigenvalue weighted by Crippen LogP contribution is 2.27. The normalized spacial score (nSPS) is 23.4. The molecule has 0 radical (unpaired) electrons. The Hall–Kier alpha value is -1.35. The summed E-state index contributed by atoms with van der Waals surface area (Å²) in [7, 11) is 0. The van der Waals surface area contributed by atoms with Gasteiger partial charge in [0, 0.05) is 17.6 Å². The van der Waals surface area contributed by atoms with Gasteiger partial charge in [0.05, 0.1) is 0 Å². The second kappa shape index (κ2) is 6.20. The molecule has 1 fully saturated rings. The number of nitrogens with one attached hydrogen (secondary N) is 1. The third-order valence-corrected chi connectivity index (χ3v) is 3.93. The molecule has 3 N–H and O–H groups in total. The van der Waals surface area contributed by atoms with Crippen LogP contribution in [0, 0.1) is 5.92 Å². The number of hydrogen-bond acceptors (Lipinski definition) is 2. The van der Waals surface area contributed by atoms with Gasteiger partial charge in [-0.2, -0.15) is 0 Å². The fraction of sp³-hybridized carbons (Fsp3) is 0.562. The number of rotatable bonds is 3. The number of carbonyl (C=O) groups is 1. The highest BCUT2D eigenvalue weighted by molar-refractivity contribution is 5.93. The average Bonchev–Trinajstić information content (AvgIpc) is 2.39. The lowest BCUT2D eigenvalue weighted by Crippen LogP contribution is -2.34. The Labute approximate surface area is 115 Å². The second-order valence-corrected chi connectivity index (χ2v) is 5.85. The molecule has 2 rings (SSSR count). The smallest absolute Gasteiger partial charge is 0.227 e. The molecule has 3 nitrogen and oxygen atoms in total. The molecule has 1 amide bonds. The Balaban J connectivity index is 2.06. The van der Waals surface area contributed by atoms with Crippen LogP contribution in [-0.2, 0) is 4.79 Å². The summed E-state index contributed by atoms with van der Waals surface area (Å²) in [6.45, 7) is 4.28. The van der Waals surface area contributed by atoms with Crippen molar-refractivity contribution in [3.63, 3.8) is 0 Å². The second-order valence-electron chi connectivity index (χ2n) is 5.85.